The maximum atomic E-state index is 11.2. The Morgan fingerprint density at radius 2 is 1.94 bits per heavy atom. The number of aromatic carboxylic acids is 1. The summed E-state index contributed by atoms with van der Waals surface area (Å²) in [5, 5.41) is 19.7. The molecule has 0 saturated heterocycles. The molecule has 0 aliphatic heterocycles. The van der Waals surface area contributed by atoms with Gasteiger partial charge in [-0.2, -0.15) is 4.73 Å². The van der Waals surface area contributed by atoms with Crippen LogP contribution in [0.3, 0.4) is 0 Å². The van der Waals surface area contributed by atoms with Gasteiger partial charge in [0.25, 0.3) is 0 Å². The Labute approximate surface area is 92.7 Å². The van der Waals surface area contributed by atoms with Gasteiger partial charge >= 0.3 is 5.97 Å². The Morgan fingerprint density at radius 1 is 1.31 bits per heavy atom. The third kappa shape index (κ3) is 1.34. The van der Waals surface area contributed by atoms with E-state index < -0.39 is 5.97 Å². The smallest absolute Gasteiger partial charge is 0.338 e. The fourth-order valence-electron chi connectivity index (χ4n) is 2.00. The van der Waals surface area contributed by atoms with Crippen molar-refractivity contribution in [2.24, 2.45) is 0 Å². The van der Waals surface area contributed by atoms with Crippen molar-refractivity contribution < 1.29 is 15.1 Å². The summed E-state index contributed by atoms with van der Waals surface area (Å²) in [5.74, 6) is -1.06. The highest BCUT2D eigenvalue weighted by atomic mass is 16.5. The van der Waals surface area contributed by atoms with Gasteiger partial charge in [-0.3, -0.25) is 0 Å². The summed E-state index contributed by atoms with van der Waals surface area (Å²) in [5.41, 5.74) is 1.16. The molecule has 1 aromatic heterocycles. The van der Waals surface area contributed by atoms with Crippen molar-refractivity contribution in [3.05, 3.63) is 35.5 Å². The van der Waals surface area contributed by atoms with E-state index in [4.69, 9.17) is 0 Å². The van der Waals surface area contributed by atoms with Crippen molar-refractivity contribution in [2.45, 2.75) is 19.8 Å². The molecule has 0 unspecified atom stereocenters. The first-order chi connectivity index (χ1) is 7.54. The maximum Gasteiger partial charge on any atom is 0.338 e. The maximum absolute atomic E-state index is 11.2. The predicted molar refractivity (Wildman–Crippen MR) is 60.2 cm³/mol. The second kappa shape index (κ2) is 3.56. The zero-order valence-corrected chi connectivity index (χ0v) is 9.14. The Kier molecular flexibility index (Phi) is 2.34. The predicted octanol–water partition coefficient (Wildman–Crippen LogP) is 2.70. The number of fused-ring (bicyclic) bond motifs is 1. The molecule has 2 rings (SSSR count). The molecule has 0 fully saturated rings. The largest absolute Gasteiger partial charge is 0.478 e. The van der Waals surface area contributed by atoms with E-state index in [0.29, 0.717) is 16.6 Å². The fourth-order valence-corrected chi connectivity index (χ4v) is 2.00. The summed E-state index contributed by atoms with van der Waals surface area (Å²) >= 11 is 0. The third-order valence-electron chi connectivity index (χ3n) is 2.65. The minimum atomic E-state index is -1.01. The molecule has 1 aromatic carbocycles. The second-order valence-electron chi connectivity index (χ2n) is 4.05. The van der Waals surface area contributed by atoms with E-state index in [-0.39, 0.29) is 11.5 Å². The number of rotatable bonds is 2. The fraction of sp³-hybridized carbons (Fsp3) is 0.250. The van der Waals surface area contributed by atoms with Gasteiger partial charge in [-0.05, 0) is 12.0 Å². The van der Waals surface area contributed by atoms with Crippen LogP contribution in [-0.4, -0.2) is 21.0 Å². The first-order valence-electron chi connectivity index (χ1n) is 5.10. The quantitative estimate of drug-likeness (QED) is 0.763. The van der Waals surface area contributed by atoms with Gasteiger partial charge in [-0.1, -0.05) is 32.0 Å². The standard InChI is InChI=1S/C12H13NO3/c1-7(2)11-10(12(14)15)8-5-3-4-6-9(8)13(11)16/h3-7,16H,1-2H3,(H,14,15). The Balaban J connectivity index is 2.92. The topological polar surface area (TPSA) is 62.5 Å². The van der Waals surface area contributed by atoms with Gasteiger partial charge in [0.05, 0.1) is 16.8 Å². The van der Waals surface area contributed by atoms with Crippen LogP contribution in [-0.2, 0) is 0 Å². The molecule has 0 bridgehead atoms. The van der Waals surface area contributed by atoms with Crippen molar-refractivity contribution in [1.29, 1.82) is 0 Å². The van der Waals surface area contributed by atoms with E-state index in [1.54, 1.807) is 24.3 Å². The second-order valence-corrected chi connectivity index (χ2v) is 4.05. The van der Waals surface area contributed by atoms with Gasteiger partial charge in [0.1, 0.15) is 0 Å². The van der Waals surface area contributed by atoms with Crippen LogP contribution < -0.4 is 0 Å². The molecule has 0 amide bonds. The van der Waals surface area contributed by atoms with Gasteiger partial charge in [-0.15, -0.1) is 0 Å². The average Bonchev–Trinajstić information content (AvgIpc) is 2.53. The number of carbonyl (C=O) groups is 1. The number of carboxylic acid groups (broad SMARTS) is 1. The lowest BCUT2D eigenvalue weighted by atomic mass is 10.0. The van der Waals surface area contributed by atoms with Crippen molar-refractivity contribution in [3.63, 3.8) is 0 Å². The van der Waals surface area contributed by atoms with Crippen LogP contribution in [0.25, 0.3) is 10.9 Å². The molecular weight excluding hydrogens is 206 g/mol. The summed E-state index contributed by atoms with van der Waals surface area (Å²) in [6.45, 7) is 3.71. The minimum absolute atomic E-state index is 0.0523. The van der Waals surface area contributed by atoms with Crippen LogP contribution in [0.2, 0.25) is 0 Å². The molecule has 2 N–H and O–H groups in total. The highest BCUT2D eigenvalue weighted by molar-refractivity contribution is 6.05. The summed E-state index contributed by atoms with van der Waals surface area (Å²) in [4.78, 5) is 11.2. The van der Waals surface area contributed by atoms with Crippen LogP contribution in [0.4, 0.5) is 0 Å². The first kappa shape index (κ1) is 10.5. The van der Waals surface area contributed by atoms with E-state index in [1.165, 1.54) is 0 Å². The van der Waals surface area contributed by atoms with Gasteiger partial charge in [0, 0.05) is 5.39 Å². The average molecular weight is 219 g/mol. The zero-order valence-electron chi connectivity index (χ0n) is 9.14. The number of para-hydroxylation sites is 1. The SMILES string of the molecule is CC(C)c1c(C(=O)O)c2ccccc2n1O. The van der Waals surface area contributed by atoms with Gasteiger partial charge < -0.3 is 10.3 Å². The van der Waals surface area contributed by atoms with Crippen molar-refractivity contribution in [1.82, 2.24) is 4.73 Å². The molecule has 4 nitrogen and oxygen atoms in total. The molecule has 0 spiro atoms. The van der Waals surface area contributed by atoms with Crippen LogP contribution in [0.5, 0.6) is 0 Å². The molecule has 0 aliphatic carbocycles. The molecule has 0 atom stereocenters. The molecular formula is C12H13NO3. The van der Waals surface area contributed by atoms with Gasteiger partial charge in [0.2, 0.25) is 0 Å². The minimum Gasteiger partial charge on any atom is -0.478 e. The van der Waals surface area contributed by atoms with Crippen molar-refractivity contribution in [2.75, 3.05) is 0 Å². The Hall–Kier alpha value is -1.97. The highest BCUT2D eigenvalue weighted by Gasteiger charge is 2.23. The molecule has 0 aliphatic rings. The summed E-state index contributed by atoms with van der Waals surface area (Å²) in [6.07, 6.45) is 0. The number of hydrogen-bond acceptors (Lipinski definition) is 2. The van der Waals surface area contributed by atoms with Gasteiger partial charge in [-0.25, -0.2) is 4.79 Å². The molecule has 4 heteroatoms. The lowest BCUT2D eigenvalue weighted by molar-refractivity contribution is 0.0693. The number of nitrogens with zero attached hydrogens (tertiary/aromatic N) is 1. The number of benzene rings is 1. The van der Waals surface area contributed by atoms with Gasteiger partial charge in [0.15, 0.2) is 0 Å². The number of hydrogen-bond donors (Lipinski definition) is 2. The monoisotopic (exact) mass is 219 g/mol. The first-order valence-corrected chi connectivity index (χ1v) is 5.10. The van der Waals surface area contributed by atoms with Crippen LogP contribution >= 0.6 is 0 Å². The number of aromatic nitrogens is 1. The molecule has 0 radical (unpaired) electrons. The Morgan fingerprint density at radius 3 is 2.50 bits per heavy atom. The lowest BCUT2D eigenvalue weighted by Gasteiger charge is -2.07. The summed E-state index contributed by atoms with van der Waals surface area (Å²) in [7, 11) is 0. The van der Waals surface area contributed by atoms with E-state index in [9.17, 15) is 15.1 Å². The molecule has 2 aromatic rings. The highest BCUT2D eigenvalue weighted by Crippen LogP contribution is 2.29. The van der Waals surface area contributed by atoms with Crippen LogP contribution in [0, 0.1) is 0 Å². The summed E-state index contributed by atoms with van der Waals surface area (Å²) in [6, 6.07) is 6.94. The number of carboxylic acids is 1. The third-order valence-corrected chi connectivity index (χ3v) is 2.65. The summed E-state index contributed by atoms with van der Waals surface area (Å²) < 4.78 is 0.976. The van der Waals surface area contributed by atoms with E-state index >= 15 is 0 Å². The molecule has 84 valence electrons. The zero-order chi connectivity index (χ0) is 11.9. The van der Waals surface area contributed by atoms with Crippen molar-refractivity contribution >= 4 is 16.9 Å². The molecule has 0 saturated carbocycles. The van der Waals surface area contributed by atoms with Crippen LogP contribution in [0.1, 0.15) is 35.8 Å². The van der Waals surface area contributed by atoms with Crippen LogP contribution in [0.15, 0.2) is 24.3 Å². The normalized spacial score (nSPS) is 11.2. The lowest BCUT2D eigenvalue weighted by Crippen LogP contribution is -2.06. The van der Waals surface area contributed by atoms with E-state index in [0.717, 1.165) is 4.73 Å². The Bertz CT molecular complexity index is 555. The van der Waals surface area contributed by atoms with E-state index in [1.807, 2.05) is 13.8 Å². The van der Waals surface area contributed by atoms with Crippen molar-refractivity contribution in [3.8, 4) is 0 Å². The van der Waals surface area contributed by atoms with E-state index in [2.05, 4.69) is 0 Å². The molecule has 1 heterocycles. The molecule has 16 heavy (non-hydrogen) atoms.